The molecule has 2 amide bonds. The van der Waals surface area contributed by atoms with Gasteiger partial charge in [0.05, 0.1) is 0 Å². The second-order valence-electron chi connectivity index (χ2n) is 5.55. The van der Waals surface area contributed by atoms with Crippen molar-refractivity contribution in [1.29, 1.82) is 0 Å². The van der Waals surface area contributed by atoms with Gasteiger partial charge < -0.3 is 14.7 Å². The third-order valence-corrected chi connectivity index (χ3v) is 3.35. The molecule has 0 N–H and O–H groups in total. The van der Waals surface area contributed by atoms with Gasteiger partial charge >= 0.3 is 6.03 Å². The van der Waals surface area contributed by atoms with Gasteiger partial charge in [-0.2, -0.15) is 0 Å². The Morgan fingerprint density at radius 3 is 2.59 bits per heavy atom. The number of rotatable bonds is 4. The normalized spacial score (nSPS) is 20.8. The van der Waals surface area contributed by atoms with E-state index in [-0.39, 0.29) is 6.03 Å². The van der Waals surface area contributed by atoms with Gasteiger partial charge in [-0.3, -0.25) is 0 Å². The summed E-state index contributed by atoms with van der Waals surface area (Å²) >= 11 is 0. The van der Waals surface area contributed by atoms with Crippen LogP contribution >= 0.6 is 0 Å². The second-order valence-corrected chi connectivity index (χ2v) is 5.55. The second kappa shape index (κ2) is 6.84. The van der Waals surface area contributed by atoms with Crippen molar-refractivity contribution in [2.75, 3.05) is 47.3 Å². The number of hydrogen-bond acceptors (Lipinski definition) is 2. The summed E-state index contributed by atoms with van der Waals surface area (Å²) in [5, 5.41) is 0. The van der Waals surface area contributed by atoms with Crippen LogP contribution in [0.1, 0.15) is 26.2 Å². The summed E-state index contributed by atoms with van der Waals surface area (Å²) in [4.78, 5) is 18.2. The molecule has 1 atom stereocenters. The monoisotopic (exact) mass is 241 g/mol. The van der Waals surface area contributed by atoms with Crippen LogP contribution in [0.3, 0.4) is 0 Å². The van der Waals surface area contributed by atoms with Crippen molar-refractivity contribution in [3.8, 4) is 0 Å². The van der Waals surface area contributed by atoms with E-state index in [0.717, 1.165) is 39.0 Å². The summed E-state index contributed by atoms with van der Waals surface area (Å²) < 4.78 is 0. The number of urea groups is 1. The molecule has 4 heteroatoms. The van der Waals surface area contributed by atoms with Gasteiger partial charge in [-0.15, -0.1) is 0 Å². The smallest absolute Gasteiger partial charge is 0.319 e. The fourth-order valence-electron chi connectivity index (χ4n) is 2.32. The number of piperidine rings is 1. The van der Waals surface area contributed by atoms with Crippen molar-refractivity contribution in [3.63, 3.8) is 0 Å². The van der Waals surface area contributed by atoms with Crippen molar-refractivity contribution < 1.29 is 4.79 Å². The zero-order valence-corrected chi connectivity index (χ0v) is 11.8. The lowest BCUT2D eigenvalue weighted by Gasteiger charge is -2.34. The first-order chi connectivity index (χ1) is 8.00. The lowest BCUT2D eigenvalue weighted by molar-refractivity contribution is 0.138. The predicted molar refractivity (Wildman–Crippen MR) is 71.2 cm³/mol. The van der Waals surface area contributed by atoms with Crippen LogP contribution in [0, 0.1) is 5.92 Å². The van der Waals surface area contributed by atoms with Gasteiger partial charge in [-0.1, -0.05) is 6.92 Å². The SMILES string of the molecule is CC1CCCN(C(=O)N(C)CCCN(C)C)C1. The van der Waals surface area contributed by atoms with Gasteiger partial charge in [0.2, 0.25) is 0 Å². The summed E-state index contributed by atoms with van der Waals surface area (Å²) in [5.74, 6) is 0.655. The first kappa shape index (κ1) is 14.3. The van der Waals surface area contributed by atoms with Gasteiger partial charge in [-0.05, 0) is 45.8 Å². The van der Waals surface area contributed by atoms with Crippen LogP contribution in [0.25, 0.3) is 0 Å². The highest BCUT2D eigenvalue weighted by Crippen LogP contribution is 2.16. The molecule has 17 heavy (non-hydrogen) atoms. The van der Waals surface area contributed by atoms with Crippen molar-refractivity contribution >= 4 is 6.03 Å². The molecule has 1 fully saturated rings. The van der Waals surface area contributed by atoms with E-state index in [1.807, 2.05) is 16.8 Å². The summed E-state index contributed by atoms with van der Waals surface area (Å²) in [6, 6.07) is 0.204. The summed E-state index contributed by atoms with van der Waals surface area (Å²) in [6.07, 6.45) is 3.45. The third-order valence-electron chi connectivity index (χ3n) is 3.35. The third kappa shape index (κ3) is 4.94. The van der Waals surface area contributed by atoms with E-state index in [9.17, 15) is 4.79 Å². The molecule has 100 valence electrons. The Morgan fingerprint density at radius 2 is 2.00 bits per heavy atom. The van der Waals surface area contributed by atoms with Crippen molar-refractivity contribution in [2.45, 2.75) is 26.2 Å². The van der Waals surface area contributed by atoms with Gasteiger partial charge in [0.25, 0.3) is 0 Å². The van der Waals surface area contributed by atoms with Crippen molar-refractivity contribution in [3.05, 3.63) is 0 Å². The Labute approximate surface area is 106 Å². The maximum absolute atomic E-state index is 12.2. The van der Waals surface area contributed by atoms with E-state index < -0.39 is 0 Å². The first-order valence-electron chi connectivity index (χ1n) is 6.65. The van der Waals surface area contributed by atoms with Crippen LogP contribution < -0.4 is 0 Å². The van der Waals surface area contributed by atoms with Crippen LogP contribution in [0.15, 0.2) is 0 Å². The highest BCUT2D eigenvalue weighted by atomic mass is 16.2. The largest absolute Gasteiger partial charge is 0.328 e. The molecule has 0 aromatic rings. The number of carbonyl (C=O) groups is 1. The van der Waals surface area contributed by atoms with E-state index in [2.05, 4.69) is 25.9 Å². The molecule has 0 saturated carbocycles. The molecule has 0 spiro atoms. The van der Waals surface area contributed by atoms with E-state index in [4.69, 9.17) is 0 Å². The zero-order chi connectivity index (χ0) is 12.8. The number of nitrogens with zero attached hydrogens (tertiary/aromatic N) is 3. The predicted octanol–water partition coefficient (Wildman–Crippen LogP) is 1.72. The van der Waals surface area contributed by atoms with Crippen LogP contribution in [0.2, 0.25) is 0 Å². The van der Waals surface area contributed by atoms with E-state index in [0.29, 0.717) is 5.92 Å². The van der Waals surface area contributed by atoms with E-state index >= 15 is 0 Å². The van der Waals surface area contributed by atoms with E-state index in [1.54, 1.807) is 0 Å². The summed E-state index contributed by atoms with van der Waals surface area (Å²) in [7, 11) is 6.04. The number of carbonyl (C=O) groups excluding carboxylic acids is 1. The maximum Gasteiger partial charge on any atom is 0.319 e. The molecule has 4 nitrogen and oxygen atoms in total. The molecular weight excluding hydrogens is 214 g/mol. The van der Waals surface area contributed by atoms with Gasteiger partial charge in [0.15, 0.2) is 0 Å². The van der Waals surface area contributed by atoms with Crippen molar-refractivity contribution in [1.82, 2.24) is 14.7 Å². The molecule has 1 heterocycles. The minimum Gasteiger partial charge on any atom is -0.328 e. The number of hydrogen-bond donors (Lipinski definition) is 0. The Balaban J connectivity index is 2.30. The number of amides is 2. The zero-order valence-electron chi connectivity index (χ0n) is 11.8. The highest BCUT2D eigenvalue weighted by molar-refractivity contribution is 5.74. The first-order valence-corrected chi connectivity index (χ1v) is 6.65. The standard InChI is InChI=1S/C13H27N3O/c1-12-7-5-10-16(11-12)13(17)15(4)9-6-8-14(2)3/h12H,5-11H2,1-4H3. The molecule has 1 aliphatic rings. The molecule has 1 unspecified atom stereocenters. The Kier molecular flexibility index (Phi) is 5.75. The quantitative estimate of drug-likeness (QED) is 0.749. The lowest BCUT2D eigenvalue weighted by atomic mass is 10.0. The van der Waals surface area contributed by atoms with Crippen LogP contribution in [-0.2, 0) is 0 Å². The minimum atomic E-state index is 0.204. The van der Waals surface area contributed by atoms with Crippen molar-refractivity contribution in [2.24, 2.45) is 5.92 Å². The average Bonchev–Trinajstić information content (AvgIpc) is 2.27. The van der Waals surface area contributed by atoms with Crippen LogP contribution in [-0.4, -0.2) is 68.1 Å². The Bertz CT molecular complexity index is 243. The fourth-order valence-corrected chi connectivity index (χ4v) is 2.32. The molecule has 0 radical (unpaired) electrons. The minimum absolute atomic E-state index is 0.204. The maximum atomic E-state index is 12.2. The number of likely N-dealkylation sites (tertiary alicyclic amines) is 1. The molecule has 1 saturated heterocycles. The molecule has 0 aromatic heterocycles. The van der Waals surface area contributed by atoms with Gasteiger partial charge in [-0.25, -0.2) is 4.79 Å². The van der Waals surface area contributed by atoms with Crippen LogP contribution in [0.4, 0.5) is 4.79 Å². The van der Waals surface area contributed by atoms with E-state index in [1.165, 1.54) is 6.42 Å². The Morgan fingerprint density at radius 1 is 1.29 bits per heavy atom. The van der Waals surface area contributed by atoms with Crippen LogP contribution in [0.5, 0.6) is 0 Å². The fraction of sp³-hybridized carbons (Fsp3) is 0.923. The molecule has 1 aliphatic heterocycles. The van der Waals surface area contributed by atoms with Gasteiger partial charge in [0, 0.05) is 26.7 Å². The topological polar surface area (TPSA) is 26.8 Å². The molecule has 1 rings (SSSR count). The molecule has 0 bridgehead atoms. The average molecular weight is 241 g/mol. The summed E-state index contributed by atoms with van der Waals surface area (Å²) in [5.41, 5.74) is 0. The lowest BCUT2D eigenvalue weighted by Crippen LogP contribution is -2.46. The highest BCUT2D eigenvalue weighted by Gasteiger charge is 2.22. The Hall–Kier alpha value is -0.770. The molecule has 0 aromatic carbocycles. The summed E-state index contributed by atoms with van der Waals surface area (Å²) in [6.45, 7) is 5.97. The molecule has 0 aliphatic carbocycles. The van der Waals surface area contributed by atoms with Gasteiger partial charge in [0.1, 0.15) is 0 Å². The molecular formula is C13H27N3O.